The van der Waals surface area contributed by atoms with Gasteiger partial charge in [-0.3, -0.25) is 4.79 Å². The Hall–Kier alpha value is -1.60. The second kappa shape index (κ2) is 11.0. The molecule has 1 rings (SSSR count). The summed E-state index contributed by atoms with van der Waals surface area (Å²) in [6.07, 6.45) is 5.11. The lowest BCUT2D eigenvalue weighted by Gasteiger charge is -2.12. The largest absolute Gasteiger partial charge is 0.481 e. The molecule has 0 saturated heterocycles. The predicted octanol–water partition coefficient (Wildman–Crippen LogP) is 4.60. The first-order chi connectivity index (χ1) is 10.7. The zero-order chi connectivity index (χ0) is 16.2. The Bertz CT molecular complexity index is 499. The number of hydrogen-bond acceptors (Lipinski definition) is 3. The van der Waals surface area contributed by atoms with Crippen molar-refractivity contribution in [2.24, 2.45) is 0 Å². The van der Waals surface area contributed by atoms with Crippen LogP contribution in [0.3, 0.4) is 0 Å². The number of aliphatic carboxylic acids is 1. The minimum Gasteiger partial charge on any atom is -0.481 e. The highest BCUT2D eigenvalue weighted by molar-refractivity contribution is 8.00. The highest BCUT2D eigenvalue weighted by atomic mass is 32.2. The van der Waals surface area contributed by atoms with Crippen LogP contribution in [-0.4, -0.2) is 22.9 Å². The summed E-state index contributed by atoms with van der Waals surface area (Å²) in [5.74, 6) is 5.62. The van der Waals surface area contributed by atoms with Crippen LogP contribution in [0.1, 0.15) is 46.0 Å². The number of unbranched alkanes of at least 4 members (excludes halogenated alkanes) is 3. The summed E-state index contributed by atoms with van der Waals surface area (Å²) in [6.45, 7) is 4.30. The third kappa shape index (κ3) is 7.42. The molecular formula is C18H24O3S. The quantitative estimate of drug-likeness (QED) is 0.389. The van der Waals surface area contributed by atoms with Gasteiger partial charge in [-0.15, -0.1) is 17.7 Å². The molecule has 120 valence electrons. The van der Waals surface area contributed by atoms with E-state index < -0.39 is 5.97 Å². The molecule has 0 aliphatic rings. The van der Waals surface area contributed by atoms with Crippen molar-refractivity contribution in [3.05, 3.63) is 24.3 Å². The first kappa shape index (κ1) is 18.4. The summed E-state index contributed by atoms with van der Waals surface area (Å²) in [5, 5.41) is 8.95. The van der Waals surface area contributed by atoms with Crippen molar-refractivity contribution >= 4 is 17.7 Å². The Kier molecular flexibility index (Phi) is 9.25. The first-order valence-corrected chi connectivity index (χ1v) is 8.57. The summed E-state index contributed by atoms with van der Waals surface area (Å²) in [5.41, 5.74) is 0. The molecule has 1 aromatic rings. The molecule has 0 heterocycles. The number of thioether (sulfide) groups is 1. The summed E-state index contributed by atoms with van der Waals surface area (Å²) in [6, 6.07) is 7.52. The van der Waals surface area contributed by atoms with Gasteiger partial charge in [0.2, 0.25) is 0 Å². The molecule has 0 unspecified atom stereocenters. The van der Waals surface area contributed by atoms with E-state index in [1.54, 1.807) is 6.92 Å². The maximum Gasteiger partial charge on any atom is 0.316 e. The fourth-order valence-electron chi connectivity index (χ4n) is 1.96. The van der Waals surface area contributed by atoms with Crippen LogP contribution >= 0.6 is 11.8 Å². The lowest BCUT2D eigenvalue weighted by Crippen LogP contribution is -2.16. The maximum absolute atomic E-state index is 11.3. The van der Waals surface area contributed by atoms with Crippen molar-refractivity contribution in [2.45, 2.75) is 56.1 Å². The van der Waals surface area contributed by atoms with E-state index in [9.17, 15) is 9.90 Å². The minimum absolute atomic E-state index is 0.373. The van der Waals surface area contributed by atoms with Crippen LogP contribution in [0.2, 0.25) is 0 Å². The number of rotatable bonds is 10. The van der Waals surface area contributed by atoms with Crippen molar-refractivity contribution in [1.82, 2.24) is 0 Å². The van der Waals surface area contributed by atoms with Gasteiger partial charge < -0.3 is 9.84 Å². The Labute approximate surface area is 137 Å². The van der Waals surface area contributed by atoms with Crippen LogP contribution in [-0.2, 0) is 4.79 Å². The first-order valence-electron chi connectivity index (χ1n) is 7.69. The summed E-state index contributed by atoms with van der Waals surface area (Å²) < 4.78 is 5.45. The van der Waals surface area contributed by atoms with Crippen LogP contribution in [0.25, 0.3) is 0 Å². The number of carbonyl (C=O) groups is 1. The average Bonchev–Trinajstić information content (AvgIpc) is 2.52. The Morgan fingerprint density at radius 2 is 2.00 bits per heavy atom. The van der Waals surface area contributed by atoms with Crippen molar-refractivity contribution in [3.63, 3.8) is 0 Å². The molecule has 3 nitrogen and oxygen atoms in total. The zero-order valence-corrected chi connectivity index (χ0v) is 14.1. The molecule has 0 aliphatic heterocycles. The number of ether oxygens (including phenoxy) is 1. The third-order valence-corrected chi connectivity index (χ3v) is 4.45. The zero-order valence-electron chi connectivity index (χ0n) is 13.3. The smallest absolute Gasteiger partial charge is 0.316 e. The molecule has 1 N–H and O–H groups in total. The van der Waals surface area contributed by atoms with Crippen molar-refractivity contribution in [1.29, 1.82) is 0 Å². The molecule has 1 aromatic carbocycles. The number of hydrogen-bond donors (Lipinski definition) is 1. The van der Waals surface area contributed by atoms with Gasteiger partial charge in [-0.05, 0) is 37.6 Å². The number of carboxylic acid groups (broad SMARTS) is 1. The molecule has 0 radical (unpaired) electrons. The topological polar surface area (TPSA) is 46.5 Å². The number of carboxylic acids is 1. The molecule has 1 atom stereocenters. The molecule has 0 spiro atoms. The van der Waals surface area contributed by atoms with Crippen LogP contribution in [0.15, 0.2) is 29.2 Å². The molecule has 0 fully saturated rings. The second-order valence-corrected chi connectivity index (χ2v) is 6.26. The molecular weight excluding hydrogens is 296 g/mol. The maximum atomic E-state index is 11.3. The second-order valence-electron chi connectivity index (χ2n) is 4.98. The summed E-state index contributed by atoms with van der Waals surface area (Å²) in [4.78, 5) is 12.3. The monoisotopic (exact) mass is 320 g/mol. The lowest BCUT2D eigenvalue weighted by molar-refractivity contribution is -0.136. The van der Waals surface area contributed by atoms with E-state index in [1.807, 2.05) is 24.3 Å². The fraction of sp³-hybridized carbons (Fsp3) is 0.500. The molecule has 0 aromatic heterocycles. The SMILES string of the molecule is CC#CCOc1ccc(S[C@H](CCCCCC)C(=O)O)cc1. The Morgan fingerprint density at radius 3 is 2.59 bits per heavy atom. The number of benzene rings is 1. The van der Waals surface area contributed by atoms with Crippen LogP contribution < -0.4 is 4.74 Å². The van der Waals surface area contributed by atoms with Crippen LogP contribution in [0, 0.1) is 11.8 Å². The summed E-state index contributed by atoms with van der Waals surface area (Å²) in [7, 11) is 0. The van der Waals surface area contributed by atoms with Gasteiger partial charge >= 0.3 is 5.97 Å². The van der Waals surface area contributed by atoms with E-state index >= 15 is 0 Å². The van der Waals surface area contributed by atoms with Crippen molar-refractivity contribution in [3.8, 4) is 17.6 Å². The normalized spacial score (nSPS) is 11.4. The van der Waals surface area contributed by atoms with Crippen molar-refractivity contribution in [2.75, 3.05) is 6.61 Å². The van der Waals surface area contributed by atoms with Gasteiger partial charge in [-0.2, -0.15) is 0 Å². The minimum atomic E-state index is -0.736. The third-order valence-electron chi connectivity index (χ3n) is 3.19. The van der Waals surface area contributed by atoms with Gasteiger partial charge in [0.1, 0.15) is 17.6 Å². The highest BCUT2D eigenvalue weighted by Gasteiger charge is 2.18. The highest BCUT2D eigenvalue weighted by Crippen LogP contribution is 2.28. The standard InChI is InChI=1S/C18H24O3S/c1-3-5-7-8-9-17(18(19)20)22-16-12-10-15(11-13-16)21-14-6-4-2/h10-13,17H,3,5,7-9,14H2,1-2H3,(H,19,20)/t17-/m1/s1. The van der Waals surface area contributed by atoms with Crippen LogP contribution in [0.4, 0.5) is 0 Å². The molecule has 0 bridgehead atoms. The van der Waals surface area contributed by atoms with Gasteiger partial charge in [-0.1, -0.05) is 38.5 Å². The van der Waals surface area contributed by atoms with Crippen LogP contribution in [0.5, 0.6) is 5.75 Å². The van der Waals surface area contributed by atoms with Gasteiger partial charge in [0, 0.05) is 4.90 Å². The van der Waals surface area contributed by atoms with E-state index in [0.717, 1.165) is 29.9 Å². The molecule has 22 heavy (non-hydrogen) atoms. The fourth-order valence-corrected chi connectivity index (χ4v) is 2.97. The predicted molar refractivity (Wildman–Crippen MR) is 91.4 cm³/mol. The van der Waals surface area contributed by atoms with E-state index in [2.05, 4.69) is 18.8 Å². The van der Waals surface area contributed by atoms with E-state index in [4.69, 9.17) is 4.74 Å². The average molecular weight is 320 g/mol. The Balaban J connectivity index is 2.50. The van der Waals surface area contributed by atoms with Gasteiger partial charge in [0.15, 0.2) is 0 Å². The lowest BCUT2D eigenvalue weighted by atomic mass is 10.1. The van der Waals surface area contributed by atoms with E-state index in [1.165, 1.54) is 18.2 Å². The van der Waals surface area contributed by atoms with Crippen molar-refractivity contribution < 1.29 is 14.6 Å². The summed E-state index contributed by atoms with van der Waals surface area (Å²) >= 11 is 1.41. The van der Waals surface area contributed by atoms with E-state index in [0.29, 0.717) is 13.0 Å². The van der Waals surface area contributed by atoms with Gasteiger partial charge in [0.05, 0.1) is 0 Å². The molecule has 0 amide bonds. The molecule has 0 saturated carbocycles. The van der Waals surface area contributed by atoms with E-state index in [-0.39, 0.29) is 5.25 Å². The molecule has 4 heteroatoms. The van der Waals surface area contributed by atoms with Gasteiger partial charge in [-0.25, -0.2) is 0 Å². The molecule has 0 aliphatic carbocycles. The Morgan fingerprint density at radius 1 is 1.27 bits per heavy atom. The van der Waals surface area contributed by atoms with Gasteiger partial charge in [0.25, 0.3) is 0 Å².